The van der Waals surface area contributed by atoms with E-state index in [1.54, 1.807) is 0 Å². The fourth-order valence-electron chi connectivity index (χ4n) is 2.38. The number of aliphatic carboxylic acids is 1. The first-order chi connectivity index (χ1) is 11.3. The van der Waals surface area contributed by atoms with Gasteiger partial charge < -0.3 is 20.1 Å². The second-order valence-electron chi connectivity index (χ2n) is 5.10. The van der Waals surface area contributed by atoms with Crippen molar-refractivity contribution in [3.8, 4) is 17.2 Å². The third-order valence-corrected chi connectivity index (χ3v) is 3.56. The summed E-state index contributed by atoms with van der Waals surface area (Å²) in [7, 11) is 1.24. The zero-order valence-corrected chi connectivity index (χ0v) is 12.7. The van der Waals surface area contributed by atoms with Gasteiger partial charge in [-0.3, -0.25) is 14.9 Å². The monoisotopic (exact) mass is 333 g/mol. The molecule has 0 aliphatic heterocycles. The molecule has 1 unspecified atom stereocenters. The van der Waals surface area contributed by atoms with Crippen molar-refractivity contribution in [3.05, 3.63) is 57.6 Å². The third-order valence-electron chi connectivity index (χ3n) is 3.56. The molecular weight excluding hydrogens is 318 g/mol. The van der Waals surface area contributed by atoms with Gasteiger partial charge in [0, 0.05) is 11.6 Å². The predicted octanol–water partition coefficient (Wildman–Crippen LogP) is 2.43. The van der Waals surface area contributed by atoms with Crippen LogP contribution in [0.5, 0.6) is 17.2 Å². The zero-order valence-electron chi connectivity index (χ0n) is 12.7. The molecular formula is C16H15NO7. The summed E-state index contributed by atoms with van der Waals surface area (Å²) < 4.78 is 4.90. The van der Waals surface area contributed by atoms with Crippen LogP contribution in [0.15, 0.2) is 36.4 Å². The van der Waals surface area contributed by atoms with E-state index in [0.717, 1.165) is 12.1 Å². The van der Waals surface area contributed by atoms with E-state index in [2.05, 4.69) is 0 Å². The van der Waals surface area contributed by atoms with Crippen molar-refractivity contribution in [2.45, 2.75) is 12.3 Å². The number of nitrogens with zero attached hydrogens (tertiary/aromatic N) is 1. The fraction of sp³-hybridized carbons (Fsp3) is 0.188. The topological polar surface area (TPSA) is 130 Å². The van der Waals surface area contributed by atoms with Crippen molar-refractivity contribution in [1.29, 1.82) is 0 Å². The Balaban J connectivity index is 2.48. The van der Waals surface area contributed by atoms with Crippen molar-refractivity contribution in [1.82, 2.24) is 0 Å². The minimum atomic E-state index is -1.19. The van der Waals surface area contributed by atoms with Crippen LogP contribution in [0, 0.1) is 10.1 Å². The number of nitro benzene ring substituents is 1. The Bertz CT molecular complexity index is 788. The van der Waals surface area contributed by atoms with E-state index >= 15 is 0 Å². The van der Waals surface area contributed by atoms with Gasteiger partial charge in [-0.25, -0.2) is 0 Å². The molecule has 0 fully saturated rings. The number of methoxy groups -OCH3 is 1. The number of carboxylic acid groups (broad SMARTS) is 1. The number of phenolic OH excluding ortho intramolecular Hbond substituents is 2. The second kappa shape index (κ2) is 6.86. The average molecular weight is 333 g/mol. The zero-order chi connectivity index (χ0) is 17.9. The summed E-state index contributed by atoms with van der Waals surface area (Å²) in [6.45, 7) is 0. The van der Waals surface area contributed by atoms with Crippen molar-refractivity contribution < 1.29 is 29.8 Å². The Labute approximate surface area is 136 Å². The molecule has 2 rings (SSSR count). The average Bonchev–Trinajstić information content (AvgIpc) is 2.53. The summed E-state index contributed by atoms with van der Waals surface area (Å²) >= 11 is 0. The van der Waals surface area contributed by atoms with Crippen LogP contribution in [0.2, 0.25) is 0 Å². The van der Waals surface area contributed by atoms with Gasteiger partial charge in [0.05, 0.1) is 24.0 Å². The fourth-order valence-corrected chi connectivity index (χ4v) is 2.38. The molecule has 0 heterocycles. The number of nitro groups is 1. The smallest absolute Gasteiger partial charge is 0.311 e. The molecule has 2 aromatic carbocycles. The highest BCUT2D eigenvalue weighted by Crippen LogP contribution is 2.37. The number of ether oxygens (including phenoxy) is 1. The van der Waals surface area contributed by atoms with E-state index in [0.29, 0.717) is 5.56 Å². The first kappa shape index (κ1) is 17.1. The first-order valence-electron chi connectivity index (χ1n) is 6.89. The van der Waals surface area contributed by atoms with Crippen LogP contribution in [-0.4, -0.2) is 33.3 Å². The second-order valence-corrected chi connectivity index (χ2v) is 5.10. The molecule has 3 N–H and O–H groups in total. The van der Waals surface area contributed by atoms with Gasteiger partial charge >= 0.3 is 5.97 Å². The molecule has 126 valence electrons. The normalized spacial score (nSPS) is 11.7. The number of carboxylic acids is 1. The van der Waals surface area contributed by atoms with Gasteiger partial charge in [-0.15, -0.1) is 0 Å². The highest BCUT2D eigenvalue weighted by molar-refractivity contribution is 5.77. The number of hydrogen-bond donors (Lipinski definition) is 3. The Hall–Kier alpha value is -3.29. The van der Waals surface area contributed by atoms with Gasteiger partial charge in [-0.1, -0.05) is 12.1 Å². The summed E-state index contributed by atoms with van der Waals surface area (Å²) in [5, 5.41) is 40.1. The van der Waals surface area contributed by atoms with Gasteiger partial charge in [-0.2, -0.15) is 0 Å². The van der Waals surface area contributed by atoms with E-state index < -0.39 is 16.8 Å². The summed E-state index contributed by atoms with van der Waals surface area (Å²) in [6.07, 6.45) is -0.206. The summed E-state index contributed by atoms with van der Waals surface area (Å²) in [5.74, 6) is -2.85. The molecule has 1 atom stereocenters. The Morgan fingerprint density at radius 2 is 2.00 bits per heavy atom. The standard InChI is InChI=1S/C16H15NO7/c1-24-14-8-11(17(22)23)5-10(15(14)19)7-13(16(20)21)9-3-2-4-12(18)6-9/h2-6,8,13,18-19H,7H2,1H3,(H,20,21). The number of carbonyl (C=O) groups is 1. The Morgan fingerprint density at radius 1 is 1.29 bits per heavy atom. The maximum absolute atomic E-state index is 11.6. The number of benzene rings is 2. The summed E-state index contributed by atoms with van der Waals surface area (Å²) in [6, 6.07) is 7.87. The molecule has 0 aliphatic rings. The number of phenols is 2. The van der Waals surface area contributed by atoms with Crippen molar-refractivity contribution in [3.63, 3.8) is 0 Å². The molecule has 0 saturated carbocycles. The maximum atomic E-state index is 11.6. The molecule has 0 aliphatic carbocycles. The van der Waals surface area contributed by atoms with Crippen LogP contribution in [0.25, 0.3) is 0 Å². The first-order valence-corrected chi connectivity index (χ1v) is 6.89. The SMILES string of the molecule is COc1cc([N+](=O)[O-])cc(CC(C(=O)O)c2cccc(O)c2)c1O. The Morgan fingerprint density at radius 3 is 2.54 bits per heavy atom. The Kier molecular flexibility index (Phi) is 4.88. The van der Waals surface area contributed by atoms with Crippen LogP contribution in [0.3, 0.4) is 0 Å². The van der Waals surface area contributed by atoms with Crippen LogP contribution >= 0.6 is 0 Å². The van der Waals surface area contributed by atoms with Crippen molar-refractivity contribution >= 4 is 11.7 Å². The molecule has 0 bridgehead atoms. The number of hydrogen-bond acceptors (Lipinski definition) is 6. The third kappa shape index (κ3) is 3.54. The number of aromatic hydroxyl groups is 2. The summed E-state index contributed by atoms with van der Waals surface area (Å²) in [4.78, 5) is 21.9. The largest absolute Gasteiger partial charge is 0.508 e. The highest BCUT2D eigenvalue weighted by atomic mass is 16.6. The van der Waals surface area contributed by atoms with Crippen LogP contribution in [0.1, 0.15) is 17.0 Å². The van der Waals surface area contributed by atoms with Gasteiger partial charge in [0.2, 0.25) is 0 Å². The van der Waals surface area contributed by atoms with Gasteiger partial charge in [0.1, 0.15) is 5.75 Å². The lowest BCUT2D eigenvalue weighted by molar-refractivity contribution is -0.385. The van der Waals surface area contributed by atoms with Crippen LogP contribution < -0.4 is 4.74 Å². The van der Waals surface area contributed by atoms with Crippen LogP contribution in [0.4, 0.5) is 5.69 Å². The van der Waals surface area contributed by atoms with Crippen LogP contribution in [-0.2, 0) is 11.2 Å². The quantitative estimate of drug-likeness (QED) is 0.546. The molecule has 8 nitrogen and oxygen atoms in total. The van der Waals surface area contributed by atoms with Crippen molar-refractivity contribution in [2.75, 3.05) is 7.11 Å². The van der Waals surface area contributed by atoms with Gasteiger partial charge in [0.25, 0.3) is 5.69 Å². The van der Waals surface area contributed by atoms with E-state index in [9.17, 15) is 30.2 Å². The molecule has 0 saturated heterocycles. The molecule has 0 spiro atoms. The molecule has 8 heteroatoms. The lowest BCUT2D eigenvalue weighted by Crippen LogP contribution is -2.14. The van der Waals surface area contributed by atoms with E-state index in [4.69, 9.17) is 4.74 Å². The van der Waals surface area contributed by atoms with Crippen molar-refractivity contribution in [2.24, 2.45) is 0 Å². The number of non-ortho nitro benzene ring substituents is 1. The molecule has 0 aromatic heterocycles. The number of rotatable bonds is 6. The molecule has 24 heavy (non-hydrogen) atoms. The molecule has 0 radical (unpaired) electrons. The van der Waals surface area contributed by atoms with E-state index in [-0.39, 0.29) is 34.9 Å². The highest BCUT2D eigenvalue weighted by Gasteiger charge is 2.25. The summed E-state index contributed by atoms with van der Waals surface area (Å²) in [5.41, 5.74) is 0.0591. The van der Waals surface area contributed by atoms with E-state index in [1.807, 2.05) is 0 Å². The molecule has 0 amide bonds. The van der Waals surface area contributed by atoms with E-state index in [1.165, 1.54) is 31.4 Å². The lowest BCUT2D eigenvalue weighted by Gasteiger charge is -2.15. The minimum absolute atomic E-state index is 0.0665. The maximum Gasteiger partial charge on any atom is 0.311 e. The van der Waals surface area contributed by atoms with Gasteiger partial charge in [-0.05, 0) is 24.1 Å². The van der Waals surface area contributed by atoms with Gasteiger partial charge in [0.15, 0.2) is 11.5 Å². The lowest BCUT2D eigenvalue weighted by atomic mass is 9.91. The molecule has 2 aromatic rings. The minimum Gasteiger partial charge on any atom is -0.508 e. The predicted molar refractivity (Wildman–Crippen MR) is 83.5 cm³/mol.